The minimum atomic E-state index is -0.440. The highest BCUT2D eigenvalue weighted by Gasteiger charge is 2.09. The molecule has 3 N–H and O–H groups in total. The molecule has 0 saturated carbocycles. The Balaban J connectivity index is 2.32. The van der Waals surface area contributed by atoms with Crippen molar-refractivity contribution in [3.63, 3.8) is 0 Å². The van der Waals surface area contributed by atoms with E-state index in [1.807, 2.05) is 24.3 Å². The van der Waals surface area contributed by atoms with Crippen LogP contribution < -0.4 is 5.73 Å². The molecule has 2 aromatic rings. The Morgan fingerprint density at radius 3 is 2.59 bits per heavy atom. The van der Waals surface area contributed by atoms with Crippen molar-refractivity contribution >= 4 is 16.6 Å². The third kappa shape index (κ3) is 2.63. The van der Waals surface area contributed by atoms with Gasteiger partial charge < -0.3 is 10.8 Å². The number of rotatable bonds is 3. The standard InChI is InChI=1S/C14H15NO2/c1-9(16)14(15)7-10-2-3-12-8-13(17)5-4-11(12)6-10/h2-6,8,14,17H,7,15H2,1H3. The van der Waals surface area contributed by atoms with Crippen molar-refractivity contribution in [3.05, 3.63) is 42.0 Å². The third-order valence-electron chi connectivity index (χ3n) is 2.87. The van der Waals surface area contributed by atoms with Crippen LogP contribution in [-0.2, 0) is 11.2 Å². The first-order valence-electron chi connectivity index (χ1n) is 5.54. The van der Waals surface area contributed by atoms with Gasteiger partial charge in [-0.15, -0.1) is 0 Å². The van der Waals surface area contributed by atoms with Gasteiger partial charge in [0.25, 0.3) is 0 Å². The highest BCUT2D eigenvalue weighted by atomic mass is 16.3. The molecule has 0 aliphatic heterocycles. The number of ketones is 1. The normalized spacial score (nSPS) is 12.6. The molecule has 0 spiro atoms. The van der Waals surface area contributed by atoms with E-state index in [1.54, 1.807) is 12.1 Å². The molecule has 0 heterocycles. The van der Waals surface area contributed by atoms with Gasteiger partial charge in [0.1, 0.15) is 11.5 Å². The number of phenolic OH excluding ortho intramolecular Hbond substituents is 1. The van der Waals surface area contributed by atoms with Crippen LogP contribution in [0.15, 0.2) is 36.4 Å². The van der Waals surface area contributed by atoms with Crippen LogP contribution in [0, 0.1) is 0 Å². The zero-order valence-corrected chi connectivity index (χ0v) is 9.68. The number of nitrogens with two attached hydrogens (primary N) is 1. The number of hydrogen-bond acceptors (Lipinski definition) is 3. The number of aromatic hydroxyl groups is 1. The molecule has 0 radical (unpaired) electrons. The van der Waals surface area contributed by atoms with Crippen molar-refractivity contribution in [2.24, 2.45) is 5.73 Å². The molecule has 0 bridgehead atoms. The summed E-state index contributed by atoms with van der Waals surface area (Å²) in [4.78, 5) is 11.1. The molecule has 0 amide bonds. The van der Waals surface area contributed by atoms with Gasteiger partial charge in [-0.3, -0.25) is 4.79 Å². The van der Waals surface area contributed by atoms with Crippen LogP contribution in [0.2, 0.25) is 0 Å². The zero-order valence-electron chi connectivity index (χ0n) is 9.68. The van der Waals surface area contributed by atoms with E-state index in [1.165, 1.54) is 6.92 Å². The summed E-state index contributed by atoms with van der Waals surface area (Å²) in [5.74, 6) is 0.251. The van der Waals surface area contributed by atoms with E-state index in [-0.39, 0.29) is 11.5 Å². The highest BCUT2D eigenvalue weighted by Crippen LogP contribution is 2.21. The predicted molar refractivity (Wildman–Crippen MR) is 68.0 cm³/mol. The van der Waals surface area contributed by atoms with Crippen LogP contribution in [0.1, 0.15) is 12.5 Å². The highest BCUT2D eigenvalue weighted by molar-refractivity contribution is 5.85. The van der Waals surface area contributed by atoms with Gasteiger partial charge >= 0.3 is 0 Å². The Bertz CT molecular complexity index is 563. The number of carbonyl (C=O) groups is 1. The Kier molecular flexibility index (Phi) is 3.11. The third-order valence-corrected chi connectivity index (χ3v) is 2.87. The number of hydrogen-bond donors (Lipinski definition) is 2. The van der Waals surface area contributed by atoms with Crippen molar-refractivity contribution < 1.29 is 9.90 Å². The molecule has 3 heteroatoms. The lowest BCUT2D eigenvalue weighted by atomic mass is 10.0. The second kappa shape index (κ2) is 4.55. The summed E-state index contributed by atoms with van der Waals surface area (Å²) in [6.07, 6.45) is 0.548. The SMILES string of the molecule is CC(=O)C(N)Cc1ccc2cc(O)ccc2c1. The van der Waals surface area contributed by atoms with Gasteiger partial charge in [-0.1, -0.05) is 24.3 Å². The van der Waals surface area contributed by atoms with Crippen LogP contribution in [0.4, 0.5) is 0 Å². The fraction of sp³-hybridized carbons (Fsp3) is 0.214. The lowest BCUT2D eigenvalue weighted by Gasteiger charge is -2.08. The van der Waals surface area contributed by atoms with E-state index in [2.05, 4.69) is 0 Å². The number of phenols is 1. The van der Waals surface area contributed by atoms with Gasteiger partial charge in [0, 0.05) is 0 Å². The summed E-state index contributed by atoms with van der Waals surface area (Å²) in [5, 5.41) is 11.4. The molecule has 1 unspecified atom stereocenters. The van der Waals surface area contributed by atoms with Crippen molar-refractivity contribution in [3.8, 4) is 5.75 Å². The molecule has 0 aromatic heterocycles. The van der Waals surface area contributed by atoms with Gasteiger partial charge in [0.05, 0.1) is 6.04 Å². The topological polar surface area (TPSA) is 63.3 Å². The lowest BCUT2D eigenvalue weighted by molar-refractivity contribution is -0.118. The molecular weight excluding hydrogens is 214 g/mol. The zero-order chi connectivity index (χ0) is 12.4. The minimum Gasteiger partial charge on any atom is -0.508 e. The van der Waals surface area contributed by atoms with Gasteiger partial charge in [0.15, 0.2) is 0 Å². The Labute approximate surface area is 99.9 Å². The van der Waals surface area contributed by atoms with Crippen LogP contribution in [-0.4, -0.2) is 16.9 Å². The second-order valence-corrected chi connectivity index (χ2v) is 4.29. The number of fused-ring (bicyclic) bond motifs is 1. The van der Waals surface area contributed by atoms with Gasteiger partial charge in [-0.05, 0) is 41.8 Å². The summed E-state index contributed by atoms with van der Waals surface area (Å²) in [7, 11) is 0. The molecule has 1 atom stereocenters. The molecule has 0 fully saturated rings. The van der Waals surface area contributed by atoms with E-state index in [0.717, 1.165) is 16.3 Å². The summed E-state index contributed by atoms with van der Waals surface area (Å²) in [6.45, 7) is 1.50. The first-order valence-corrected chi connectivity index (χ1v) is 5.54. The summed E-state index contributed by atoms with van der Waals surface area (Å²) < 4.78 is 0. The van der Waals surface area contributed by atoms with Crippen molar-refractivity contribution in [1.29, 1.82) is 0 Å². The number of benzene rings is 2. The molecular formula is C14H15NO2. The van der Waals surface area contributed by atoms with E-state index in [0.29, 0.717) is 6.42 Å². The smallest absolute Gasteiger partial charge is 0.146 e. The second-order valence-electron chi connectivity index (χ2n) is 4.29. The Morgan fingerprint density at radius 2 is 1.88 bits per heavy atom. The molecule has 0 saturated heterocycles. The van der Waals surface area contributed by atoms with Crippen LogP contribution in [0.25, 0.3) is 10.8 Å². The van der Waals surface area contributed by atoms with Gasteiger partial charge in [-0.25, -0.2) is 0 Å². The quantitative estimate of drug-likeness (QED) is 0.846. The minimum absolute atomic E-state index is 0.00389. The maximum Gasteiger partial charge on any atom is 0.146 e. The van der Waals surface area contributed by atoms with Crippen molar-refractivity contribution in [2.75, 3.05) is 0 Å². The van der Waals surface area contributed by atoms with Crippen LogP contribution >= 0.6 is 0 Å². The Hall–Kier alpha value is -1.87. The molecule has 17 heavy (non-hydrogen) atoms. The molecule has 2 aromatic carbocycles. The van der Waals surface area contributed by atoms with Gasteiger partial charge in [0.2, 0.25) is 0 Å². The van der Waals surface area contributed by atoms with Crippen molar-refractivity contribution in [2.45, 2.75) is 19.4 Å². The largest absolute Gasteiger partial charge is 0.508 e. The fourth-order valence-electron chi connectivity index (χ4n) is 1.81. The lowest BCUT2D eigenvalue weighted by Crippen LogP contribution is -2.30. The maximum atomic E-state index is 11.1. The number of carbonyl (C=O) groups excluding carboxylic acids is 1. The number of Topliss-reactive ketones (excluding diaryl/α,β-unsaturated/α-hetero) is 1. The molecule has 0 aliphatic rings. The maximum absolute atomic E-state index is 11.1. The van der Waals surface area contributed by atoms with Crippen LogP contribution in [0.3, 0.4) is 0 Å². The summed E-state index contributed by atoms with van der Waals surface area (Å²) in [6, 6.07) is 10.6. The molecule has 88 valence electrons. The van der Waals surface area contributed by atoms with E-state index < -0.39 is 6.04 Å². The van der Waals surface area contributed by atoms with E-state index in [9.17, 15) is 9.90 Å². The van der Waals surface area contributed by atoms with Gasteiger partial charge in [-0.2, -0.15) is 0 Å². The summed E-state index contributed by atoms with van der Waals surface area (Å²) >= 11 is 0. The molecule has 3 nitrogen and oxygen atoms in total. The average molecular weight is 229 g/mol. The van der Waals surface area contributed by atoms with E-state index >= 15 is 0 Å². The predicted octanol–water partition coefficient (Wildman–Crippen LogP) is 2.00. The fourth-order valence-corrected chi connectivity index (χ4v) is 1.81. The monoisotopic (exact) mass is 229 g/mol. The first-order chi connectivity index (χ1) is 8.06. The average Bonchev–Trinajstić information content (AvgIpc) is 2.29. The Morgan fingerprint density at radius 1 is 1.24 bits per heavy atom. The van der Waals surface area contributed by atoms with E-state index in [4.69, 9.17) is 5.73 Å². The summed E-state index contributed by atoms with van der Waals surface area (Å²) in [5.41, 5.74) is 6.76. The molecule has 0 aliphatic carbocycles. The molecule has 2 rings (SSSR count). The first kappa shape index (κ1) is 11.6. The van der Waals surface area contributed by atoms with Crippen LogP contribution in [0.5, 0.6) is 5.75 Å². The van der Waals surface area contributed by atoms with Crippen molar-refractivity contribution in [1.82, 2.24) is 0 Å².